The molecule has 3 heterocycles. The molecule has 1 aliphatic rings. The van der Waals surface area contributed by atoms with E-state index in [2.05, 4.69) is 19.9 Å². The van der Waals surface area contributed by atoms with Crippen LogP contribution in [0.4, 0.5) is 0 Å². The maximum absolute atomic E-state index is 4.52. The zero-order valence-corrected chi connectivity index (χ0v) is 13.1. The average molecular weight is 296 g/mol. The van der Waals surface area contributed by atoms with Crippen molar-refractivity contribution in [3.8, 4) is 11.4 Å². The molecule has 3 rings (SSSR count). The Hall–Kier alpha value is -1.81. The zero-order valence-electron chi connectivity index (χ0n) is 13.1. The molecule has 0 aromatic carbocycles. The van der Waals surface area contributed by atoms with Gasteiger partial charge in [0.1, 0.15) is 5.69 Å². The van der Waals surface area contributed by atoms with Crippen LogP contribution in [0.1, 0.15) is 37.8 Å². The Balaban J connectivity index is 1.43. The second kappa shape index (κ2) is 7.99. The van der Waals surface area contributed by atoms with E-state index < -0.39 is 0 Å². The third-order valence-corrected chi connectivity index (χ3v) is 4.24. The lowest BCUT2D eigenvalue weighted by molar-refractivity contribution is 0.225. The van der Waals surface area contributed by atoms with Crippen LogP contribution < -0.4 is 0 Å². The van der Waals surface area contributed by atoms with Crippen molar-refractivity contribution in [1.82, 2.24) is 19.9 Å². The van der Waals surface area contributed by atoms with Gasteiger partial charge in [-0.25, -0.2) is 0 Å². The van der Waals surface area contributed by atoms with E-state index >= 15 is 0 Å². The molecule has 0 bridgehead atoms. The number of nitrogens with zero attached hydrogens (tertiary/aromatic N) is 4. The molecule has 2 aromatic rings. The number of unbranched alkanes of at least 4 members (excludes halogenated alkanes) is 1. The third-order valence-electron chi connectivity index (χ3n) is 4.24. The lowest BCUT2D eigenvalue weighted by Crippen LogP contribution is -2.30. The molecule has 0 unspecified atom stereocenters. The molecule has 0 spiro atoms. The first-order valence-electron chi connectivity index (χ1n) is 8.36. The molecule has 0 radical (unpaired) electrons. The summed E-state index contributed by atoms with van der Waals surface area (Å²) in [6, 6.07) is 5.84. The van der Waals surface area contributed by atoms with Gasteiger partial charge in [-0.2, -0.15) is 0 Å². The normalized spacial score (nSPS) is 15.8. The Kier molecular flexibility index (Phi) is 5.48. The van der Waals surface area contributed by atoms with Gasteiger partial charge in [-0.1, -0.05) is 12.5 Å². The van der Waals surface area contributed by atoms with Gasteiger partial charge >= 0.3 is 0 Å². The van der Waals surface area contributed by atoms with Crippen molar-refractivity contribution < 1.29 is 0 Å². The lowest BCUT2D eigenvalue weighted by Gasteiger charge is -2.26. The van der Waals surface area contributed by atoms with Crippen LogP contribution in [0.25, 0.3) is 11.4 Å². The van der Waals surface area contributed by atoms with Crippen LogP contribution in [0.15, 0.2) is 36.8 Å². The fourth-order valence-corrected chi connectivity index (χ4v) is 2.95. The molecule has 1 saturated heterocycles. The Labute approximate surface area is 132 Å². The van der Waals surface area contributed by atoms with Crippen LogP contribution >= 0.6 is 0 Å². The first-order chi connectivity index (χ1) is 10.9. The van der Waals surface area contributed by atoms with Crippen molar-refractivity contribution >= 4 is 0 Å². The number of aromatic nitrogens is 3. The van der Waals surface area contributed by atoms with E-state index in [1.807, 2.05) is 30.6 Å². The number of aryl methyl sites for hydroxylation is 1. The number of hydrogen-bond donors (Lipinski definition) is 0. The highest BCUT2D eigenvalue weighted by Gasteiger charge is 2.09. The van der Waals surface area contributed by atoms with Crippen LogP contribution in [0.5, 0.6) is 0 Å². The molecule has 2 aromatic heterocycles. The maximum atomic E-state index is 4.52. The van der Waals surface area contributed by atoms with Crippen molar-refractivity contribution in [3.05, 3.63) is 42.5 Å². The molecule has 4 nitrogen and oxygen atoms in total. The highest BCUT2D eigenvalue weighted by Crippen LogP contribution is 2.13. The third kappa shape index (κ3) is 4.34. The van der Waals surface area contributed by atoms with E-state index in [4.69, 9.17) is 0 Å². The summed E-state index contributed by atoms with van der Waals surface area (Å²) >= 11 is 0. The Morgan fingerprint density at radius 2 is 1.77 bits per heavy atom. The SMILES string of the molecule is c1ccc(-c2cnc(CCCCN3CCCCC3)cn2)nc1. The van der Waals surface area contributed by atoms with Gasteiger partial charge in [0.2, 0.25) is 0 Å². The molecule has 1 aliphatic heterocycles. The maximum Gasteiger partial charge on any atom is 0.107 e. The van der Waals surface area contributed by atoms with Crippen LogP contribution in [0.2, 0.25) is 0 Å². The van der Waals surface area contributed by atoms with Gasteiger partial charge in [0, 0.05) is 12.4 Å². The summed E-state index contributed by atoms with van der Waals surface area (Å²) in [5.74, 6) is 0. The van der Waals surface area contributed by atoms with Crippen molar-refractivity contribution in [2.75, 3.05) is 19.6 Å². The number of piperidine rings is 1. The predicted molar refractivity (Wildman–Crippen MR) is 88.5 cm³/mol. The van der Waals surface area contributed by atoms with Crippen molar-refractivity contribution in [1.29, 1.82) is 0 Å². The highest BCUT2D eigenvalue weighted by atomic mass is 15.1. The first-order valence-corrected chi connectivity index (χ1v) is 8.36. The second-order valence-corrected chi connectivity index (χ2v) is 5.97. The quantitative estimate of drug-likeness (QED) is 0.767. The molecular weight excluding hydrogens is 272 g/mol. The summed E-state index contributed by atoms with van der Waals surface area (Å²) in [4.78, 5) is 15.9. The van der Waals surface area contributed by atoms with Gasteiger partial charge < -0.3 is 4.90 Å². The average Bonchev–Trinajstić information content (AvgIpc) is 2.61. The molecule has 1 fully saturated rings. The number of rotatable bonds is 6. The smallest absolute Gasteiger partial charge is 0.107 e. The van der Waals surface area contributed by atoms with E-state index in [1.165, 1.54) is 51.7 Å². The Morgan fingerprint density at radius 3 is 2.50 bits per heavy atom. The fourth-order valence-electron chi connectivity index (χ4n) is 2.95. The summed E-state index contributed by atoms with van der Waals surface area (Å²) < 4.78 is 0. The van der Waals surface area contributed by atoms with Crippen LogP contribution in [0.3, 0.4) is 0 Å². The highest BCUT2D eigenvalue weighted by molar-refractivity contribution is 5.51. The van der Waals surface area contributed by atoms with E-state index in [0.717, 1.165) is 23.5 Å². The van der Waals surface area contributed by atoms with E-state index in [-0.39, 0.29) is 0 Å². The summed E-state index contributed by atoms with van der Waals surface area (Å²) in [5, 5.41) is 0. The molecule has 0 amide bonds. The Morgan fingerprint density at radius 1 is 0.864 bits per heavy atom. The lowest BCUT2D eigenvalue weighted by atomic mass is 10.1. The summed E-state index contributed by atoms with van der Waals surface area (Å²) in [6.07, 6.45) is 13.1. The van der Waals surface area contributed by atoms with Crippen LogP contribution in [-0.4, -0.2) is 39.5 Å². The minimum absolute atomic E-state index is 0.845. The van der Waals surface area contributed by atoms with Gasteiger partial charge in [0.15, 0.2) is 0 Å². The van der Waals surface area contributed by atoms with Crippen molar-refractivity contribution in [2.24, 2.45) is 0 Å². The molecule has 0 aliphatic carbocycles. The summed E-state index contributed by atoms with van der Waals surface area (Å²) in [6.45, 7) is 3.82. The van der Waals surface area contributed by atoms with Crippen molar-refractivity contribution in [3.63, 3.8) is 0 Å². The van der Waals surface area contributed by atoms with Gasteiger partial charge in [0.05, 0.1) is 17.6 Å². The van der Waals surface area contributed by atoms with Gasteiger partial charge in [-0.15, -0.1) is 0 Å². The van der Waals surface area contributed by atoms with E-state index in [1.54, 1.807) is 6.20 Å². The standard InChI is InChI=1S/C18H24N4/c1-5-11-22(12-6-1)13-7-3-8-16-14-21-18(15-20-16)17-9-2-4-10-19-17/h2,4,9-10,14-15H,1,3,5-8,11-13H2. The fraction of sp³-hybridized carbons (Fsp3) is 0.500. The number of pyridine rings is 1. The summed E-state index contributed by atoms with van der Waals surface area (Å²) in [7, 11) is 0. The molecule has 22 heavy (non-hydrogen) atoms. The van der Waals surface area contributed by atoms with Crippen LogP contribution in [-0.2, 0) is 6.42 Å². The minimum Gasteiger partial charge on any atom is -0.303 e. The van der Waals surface area contributed by atoms with E-state index in [0.29, 0.717) is 0 Å². The number of hydrogen-bond acceptors (Lipinski definition) is 4. The molecule has 0 saturated carbocycles. The molecular formula is C18H24N4. The zero-order chi connectivity index (χ0) is 15.0. The van der Waals surface area contributed by atoms with Gasteiger partial charge in [0.25, 0.3) is 0 Å². The Bertz CT molecular complexity index is 547. The first kappa shape index (κ1) is 15.1. The topological polar surface area (TPSA) is 41.9 Å². The predicted octanol–water partition coefficient (Wildman–Crippen LogP) is 3.35. The minimum atomic E-state index is 0.845. The molecule has 116 valence electrons. The number of likely N-dealkylation sites (tertiary alicyclic amines) is 1. The largest absolute Gasteiger partial charge is 0.303 e. The monoisotopic (exact) mass is 296 g/mol. The van der Waals surface area contributed by atoms with Gasteiger partial charge in [-0.05, 0) is 63.9 Å². The molecule has 0 atom stereocenters. The molecule has 0 N–H and O–H groups in total. The van der Waals surface area contributed by atoms with E-state index in [9.17, 15) is 0 Å². The van der Waals surface area contributed by atoms with Crippen LogP contribution in [0, 0.1) is 0 Å². The summed E-state index contributed by atoms with van der Waals surface area (Å²) in [5.41, 5.74) is 2.81. The second-order valence-electron chi connectivity index (χ2n) is 5.97. The molecule has 4 heteroatoms. The van der Waals surface area contributed by atoms with Crippen molar-refractivity contribution in [2.45, 2.75) is 38.5 Å². The van der Waals surface area contributed by atoms with Gasteiger partial charge in [-0.3, -0.25) is 15.0 Å².